The van der Waals surface area contributed by atoms with Crippen LogP contribution in [0.3, 0.4) is 0 Å². The van der Waals surface area contributed by atoms with Crippen LogP contribution < -0.4 is 87.8 Å². The Morgan fingerprint density at radius 1 is 1.25 bits per heavy atom. The molecule has 0 atom stereocenters. The molecule has 2 N–H and O–H groups in total. The Hall–Kier alpha value is 2.57. The van der Waals surface area contributed by atoms with Crippen LogP contribution in [0.15, 0.2) is 0 Å². The van der Waals surface area contributed by atoms with Crippen molar-refractivity contribution in [3.05, 3.63) is 0 Å². The zero-order valence-corrected chi connectivity index (χ0v) is 9.17. The summed E-state index contributed by atoms with van der Waals surface area (Å²) in [5, 5.41) is 12.0. The zero-order chi connectivity index (χ0) is 2.00. The van der Waals surface area contributed by atoms with Crippen LogP contribution in [-0.4, -0.2) is 10.5 Å². The molecule has 0 aliphatic carbocycles. The summed E-state index contributed by atoms with van der Waals surface area (Å²) in [6, 6.07) is 0. The van der Waals surface area contributed by atoms with Crippen LogP contribution in [0.1, 0.15) is 2.85 Å². The minimum absolute atomic E-state index is 0. The van der Waals surface area contributed by atoms with Crippen molar-refractivity contribution in [3.8, 4) is 0 Å². The van der Waals surface area contributed by atoms with Gasteiger partial charge in [0.2, 0.25) is 0 Å². The van der Waals surface area contributed by atoms with Gasteiger partial charge in [-0.3, -0.25) is 10.5 Å². The fourth-order valence-corrected chi connectivity index (χ4v) is 0. The molecule has 0 amide bonds. The van der Waals surface area contributed by atoms with E-state index in [1.54, 1.807) is 0 Å². The molecule has 0 heterocycles. The van der Waals surface area contributed by atoms with Crippen LogP contribution in [0.25, 0.3) is 0 Å². The molecule has 0 aliphatic rings. The second-order valence-corrected chi connectivity index (χ2v) is 0. The minimum Gasteiger partial charge on any atom is -1.00 e. The van der Waals surface area contributed by atoms with Gasteiger partial charge in [0.05, 0.1) is 0 Å². The van der Waals surface area contributed by atoms with Crippen LogP contribution in [-0.2, 0) is 0 Å². The maximum Gasteiger partial charge on any atom is 1.00 e. The molecular formula is H4CsLiO2. The van der Waals surface area contributed by atoms with E-state index < -0.39 is 0 Å². The van der Waals surface area contributed by atoms with Gasteiger partial charge in [-0.15, -0.1) is 0 Å². The summed E-state index contributed by atoms with van der Waals surface area (Å²) in [6.07, 6.45) is 0. The molecule has 0 bridgehead atoms. The van der Waals surface area contributed by atoms with Gasteiger partial charge in [0, 0.05) is 0 Å². The van der Waals surface area contributed by atoms with Crippen LogP contribution >= 0.6 is 0 Å². The minimum atomic E-state index is 0. The largest absolute Gasteiger partial charge is 1.00 e. The first-order valence-corrected chi connectivity index (χ1v) is 0.200. The molecule has 0 aliphatic heterocycles. The van der Waals surface area contributed by atoms with E-state index >= 15 is 0 Å². The van der Waals surface area contributed by atoms with Gasteiger partial charge in [0.25, 0.3) is 0 Å². The summed E-state index contributed by atoms with van der Waals surface area (Å²) >= 11 is 0. The van der Waals surface area contributed by atoms with Gasteiger partial charge in [-0.25, -0.2) is 0 Å². The van der Waals surface area contributed by atoms with Crippen molar-refractivity contribution >= 4 is 0 Å². The van der Waals surface area contributed by atoms with Crippen molar-refractivity contribution < 1.29 is 101 Å². The third-order valence-corrected chi connectivity index (χ3v) is 0. The van der Waals surface area contributed by atoms with Gasteiger partial charge in [-0.2, -0.15) is 0 Å². The van der Waals surface area contributed by atoms with Crippen LogP contribution in [0.4, 0.5) is 0 Å². The van der Waals surface area contributed by atoms with Crippen molar-refractivity contribution in [2.45, 2.75) is 0 Å². The monoisotopic (exact) mass is 176 g/mol. The number of hydrogen-bond donors (Lipinski definition) is 2. The molecule has 0 unspecified atom stereocenters. The van der Waals surface area contributed by atoms with E-state index in [0.717, 1.165) is 0 Å². The molecule has 0 saturated heterocycles. The van der Waals surface area contributed by atoms with Gasteiger partial charge in [0.15, 0.2) is 0 Å². The third-order valence-electron chi connectivity index (χ3n) is 0. The first-order valence-electron chi connectivity index (χ1n) is 0.200. The van der Waals surface area contributed by atoms with Crippen molar-refractivity contribution in [1.82, 2.24) is 0 Å². The topological polar surface area (TPSA) is 40.5 Å². The van der Waals surface area contributed by atoms with Gasteiger partial charge >= 0.3 is 87.8 Å². The summed E-state index contributed by atoms with van der Waals surface area (Å²) in [6.45, 7) is 0. The predicted molar refractivity (Wildman–Crippen MR) is 7.48 cm³/mol. The maximum atomic E-state index is 6.00. The van der Waals surface area contributed by atoms with Crippen molar-refractivity contribution in [2.75, 3.05) is 0 Å². The molecule has 0 aromatic carbocycles. The Kier molecular flexibility index (Phi) is 70.4. The first kappa shape index (κ1) is 16.0. The summed E-state index contributed by atoms with van der Waals surface area (Å²) in [7, 11) is 0. The molecule has 4 heteroatoms. The quantitative estimate of drug-likeness (QED) is 0.219. The SMILES string of the molecule is OO.[Cs+].[H-].[H-].[Li+]. The maximum absolute atomic E-state index is 6.00. The van der Waals surface area contributed by atoms with Crippen LogP contribution in [0.5, 0.6) is 0 Å². The van der Waals surface area contributed by atoms with Crippen molar-refractivity contribution in [1.29, 1.82) is 0 Å². The summed E-state index contributed by atoms with van der Waals surface area (Å²) in [5.41, 5.74) is 0. The molecule has 0 rings (SSSR count). The number of rotatable bonds is 0. The van der Waals surface area contributed by atoms with E-state index in [0.29, 0.717) is 0 Å². The summed E-state index contributed by atoms with van der Waals surface area (Å²) < 4.78 is 0. The molecule has 4 heavy (non-hydrogen) atoms. The first-order chi connectivity index (χ1) is 1.00. The Morgan fingerprint density at radius 2 is 1.25 bits per heavy atom. The zero-order valence-electron chi connectivity index (χ0n) is 4.89. The third kappa shape index (κ3) is 8.82. The normalized spacial score (nSPS) is 1.50. The van der Waals surface area contributed by atoms with Gasteiger partial charge in [0.1, 0.15) is 0 Å². The smallest absolute Gasteiger partial charge is 1.00 e. The molecule has 18 valence electrons. The van der Waals surface area contributed by atoms with Gasteiger partial charge < -0.3 is 2.85 Å². The van der Waals surface area contributed by atoms with E-state index in [2.05, 4.69) is 0 Å². The van der Waals surface area contributed by atoms with Crippen LogP contribution in [0, 0.1) is 0 Å². The van der Waals surface area contributed by atoms with Crippen LogP contribution in [0.2, 0.25) is 0 Å². The van der Waals surface area contributed by atoms with E-state index in [1.165, 1.54) is 0 Å². The van der Waals surface area contributed by atoms with Crippen molar-refractivity contribution in [3.63, 3.8) is 0 Å². The van der Waals surface area contributed by atoms with E-state index in [1.807, 2.05) is 0 Å². The molecule has 0 fully saturated rings. The molecule has 0 aromatic heterocycles. The Balaban J connectivity index is -0.000000000833. The molecule has 0 radical (unpaired) electrons. The second kappa shape index (κ2) is 17.6. The van der Waals surface area contributed by atoms with E-state index in [-0.39, 0.29) is 90.6 Å². The second-order valence-electron chi connectivity index (χ2n) is 0. The Labute approximate surface area is 98.5 Å². The van der Waals surface area contributed by atoms with E-state index in [4.69, 9.17) is 10.5 Å². The Morgan fingerprint density at radius 3 is 1.25 bits per heavy atom. The fraction of sp³-hybridized carbons (Fsp3) is 0. The summed E-state index contributed by atoms with van der Waals surface area (Å²) in [5.74, 6) is 0. The van der Waals surface area contributed by atoms with Gasteiger partial charge in [-0.05, 0) is 0 Å². The summed E-state index contributed by atoms with van der Waals surface area (Å²) in [4.78, 5) is 0. The molecular weight excluding hydrogens is 172 g/mol. The molecule has 0 spiro atoms. The van der Waals surface area contributed by atoms with E-state index in [9.17, 15) is 0 Å². The van der Waals surface area contributed by atoms with Gasteiger partial charge in [-0.1, -0.05) is 0 Å². The van der Waals surface area contributed by atoms with Crippen molar-refractivity contribution in [2.24, 2.45) is 0 Å². The fourth-order valence-electron chi connectivity index (χ4n) is 0. The predicted octanol–water partition coefficient (Wildman–Crippen LogP) is -5.75. The average Bonchev–Trinajstić information content (AvgIpc) is 1.00. The standard InChI is InChI=1S/Cs.Li.H2O2.2H/c;;1-2;;/h;;1-2H;;/q2*+1;;2*-1. The Bertz CT molecular complexity index is 11.5. The average molecular weight is 176 g/mol. The molecule has 0 aromatic rings. The molecule has 0 saturated carbocycles. The molecule has 2 nitrogen and oxygen atoms in total. The number of hydrogen-bond acceptors (Lipinski definition) is 2.